The number of amides is 2. The highest BCUT2D eigenvalue weighted by atomic mass is 16.7. The predicted molar refractivity (Wildman–Crippen MR) is 95.2 cm³/mol. The lowest BCUT2D eigenvalue weighted by atomic mass is 10.0. The quantitative estimate of drug-likeness (QED) is 0.779. The molecule has 0 unspecified atom stereocenters. The molecule has 3 rings (SSSR count). The maximum Gasteiger partial charge on any atom is 0.313 e. The number of rotatable bonds is 4. The molecule has 0 atom stereocenters. The van der Waals surface area contributed by atoms with E-state index in [4.69, 9.17) is 23.7 Å². The number of carbonyl (C=O) groups is 2. The van der Waals surface area contributed by atoms with Crippen molar-refractivity contribution in [1.82, 2.24) is 4.90 Å². The number of nitrogens with zero attached hydrogens (tertiary/aromatic N) is 1. The summed E-state index contributed by atoms with van der Waals surface area (Å²) in [6, 6.07) is 3.13. The van der Waals surface area contributed by atoms with E-state index in [0.717, 1.165) is 0 Å². The first-order chi connectivity index (χ1) is 13.0. The third-order valence-electron chi connectivity index (χ3n) is 4.74. The van der Waals surface area contributed by atoms with E-state index in [9.17, 15) is 9.59 Å². The van der Waals surface area contributed by atoms with Crippen LogP contribution < -0.4 is 19.5 Å². The predicted octanol–water partition coefficient (Wildman–Crippen LogP) is 1.02. The molecule has 0 radical (unpaired) electrons. The standard InChI is InChI=1S/C18H24N2O7/c1-23-13-10-12(11-14(24-2)15(13)25-3)19-16(21)17(22)20-6-4-18(5-7-20)26-8-9-27-18/h10-11H,4-9H2,1-3H3,(H,19,21). The average Bonchev–Trinajstić information content (AvgIpc) is 3.15. The van der Waals surface area contributed by atoms with Crippen LogP contribution in [-0.2, 0) is 19.1 Å². The van der Waals surface area contributed by atoms with Gasteiger partial charge >= 0.3 is 11.8 Å². The van der Waals surface area contributed by atoms with Gasteiger partial charge in [-0.1, -0.05) is 0 Å². The summed E-state index contributed by atoms with van der Waals surface area (Å²) in [6.07, 6.45) is 1.10. The molecule has 1 aromatic rings. The maximum atomic E-state index is 12.5. The normalized spacial score (nSPS) is 18.3. The molecular formula is C18H24N2O7. The molecule has 2 fully saturated rings. The van der Waals surface area contributed by atoms with Gasteiger partial charge in [-0.15, -0.1) is 0 Å². The molecule has 9 nitrogen and oxygen atoms in total. The second-order valence-corrected chi connectivity index (χ2v) is 6.27. The van der Waals surface area contributed by atoms with Crippen LogP contribution in [0.5, 0.6) is 17.2 Å². The Morgan fingerprint density at radius 1 is 1.00 bits per heavy atom. The molecule has 0 aliphatic carbocycles. The van der Waals surface area contributed by atoms with Gasteiger partial charge in [0.2, 0.25) is 5.75 Å². The fourth-order valence-corrected chi connectivity index (χ4v) is 3.32. The number of methoxy groups -OCH3 is 3. The Morgan fingerprint density at radius 3 is 2.04 bits per heavy atom. The summed E-state index contributed by atoms with van der Waals surface area (Å²) < 4.78 is 27.0. The minimum Gasteiger partial charge on any atom is -0.493 e. The van der Waals surface area contributed by atoms with Crippen molar-refractivity contribution in [2.75, 3.05) is 52.9 Å². The Morgan fingerprint density at radius 2 is 1.56 bits per heavy atom. The SMILES string of the molecule is COc1cc(NC(=O)C(=O)N2CCC3(CC2)OCCO3)cc(OC)c1OC. The summed E-state index contributed by atoms with van der Waals surface area (Å²) in [5, 5.41) is 2.59. The molecule has 2 heterocycles. The summed E-state index contributed by atoms with van der Waals surface area (Å²) in [6.45, 7) is 1.94. The van der Waals surface area contributed by atoms with Gasteiger partial charge in [-0.05, 0) is 0 Å². The molecule has 0 bridgehead atoms. The number of anilines is 1. The molecule has 9 heteroatoms. The molecule has 1 N–H and O–H groups in total. The van der Waals surface area contributed by atoms with E-state index in [1.807, 2.05) is 0 Å². The number of piperidine rings is 1. The summed E-state index contributed by atoms with van der Waals surface area (Å²) in [4.78, 5) is 26.4. The van der Waals surface area contributed by atoms with Crippen molar-refractivity contribution in [1.29, 1.82) is 0 Å². The van der Waals surface area contributed by atoms with E-state index in [2.05, 4.69) is 5.32 Å². The number of nitrogens with one attached hydrogen (secondary N) is 1. The number of hydrogen-bond donors (Lipinski definition) is 1. The van der Waals surface area contributed by atoms with Crippen LogP contribution in [0.2, 0.25) is 0 Å². The second kappa shape index (κ2) is 8.01. The molecule has 0 aromatic heterocycles. The number of hydrogen-bond acceptors (Lipinski definition) is 7. The molecule has 2 saturated heterocycles. The van der Waals surface area contributed by atoms with Gasteiger partial charge in [0.25, 0.3) is 0 Å². The molecule has 2 aliphatic heterocycles. The van der Waals surface area contributed by atoms with Crippen molar-refractivity contribution in [3.05, 3.63) is 12.1 Å². The van der Waals surface area contributed by atoms with Crippen molar-refractivity contribution in [3.8, 4) is 17.2 Å². The second-order valence-electron chi connectivity index (χ2n) is 6.27. The Hall–Kier alpha value is -2.52. The van der Waals surface area contributed by atoms with Gasteiger partial charge in [-0.2, -0.15) is 0 Å². The van der Waals surface area contributed by atoms with Crippen LogP contribution >= 0.6 is 0 Å². The van der Waals surface area contributed by atoms with Gasteiger partial charge in [0.1, 0.15) is 0 Å². The fourth-order valence-electron chi connectivity index (χ4n) is 3.32. The Bertz CT molecular complexity index is 681. The highest BCUT2D eigenvalue weighted by Crippen LogP contribution is 2.40. The molecule has 1 spiro atoms. The number of benzene rings is 1. The molecule has 1 aromatic carbocycles. The molecular weight excluding hydrogens is 356 g/mol. The monoisotopic (exact) mass is 380 g/mol. The summed E-state index contributed by atoms with van der Waals surface area (Å²) >= 11 is 0. The molecule has 2 amide bonds. The minimum atomic E-state index is -0.728. The number of likely N-dealkylation sites (tertiary alicyclic amines) is 1. The van der Waals surface area contributed by atoms with E-state index in [1.54, 1.807) is 12.1 Å². The lowest BCUT2D eigenvalue weighted by Crippen LogP contribution is -2.50. The summed E-state index contributed by atoms with van der Waals surface area (Å²) in [5.41, 5.74) is 0.374. The van der Waals surface area contributed by atoms with E-state index in [-0.39, 0.29) is 0 Å². The van der Waals surface area contributed by atoms with Crippen molar-refractivity contribution < 1.29 is 33.3 Å². The smallest absolute Gasteiger partial charge is 0.313 e. The molecule has 0 saturated carbocycles. The molecule has 27 heavy (non-hydrogen) atoms. The van der Waals surface area contributed by atoms with Crippen LogP contribution in [0.3, 0.4) is 0 Å². The Balaban J connectivity index is 1.65. The largest absolute Gasteiger partial charge is 0.493 e. The van der Waals surface area contributed by atoms with Crippen LogP contribution in [0.15, 0.2) is 12.1 Å². The zero-order valence-corrected chi connectivity index (χ0v) is 15.7. The van der Waals surface area contributed by atoms with Crippen LogP contribution in [0.4, 0.5) is 5.69 Å². The van der Waals surface area contributed by atoms with Gasteiger partial charge in [0, 0.05) is 43.8 Å². The minimum absolute atomic E-state index is 0.374. The van der Waals surface area contributed by atoms with Gasteiger partial charge in [0.05, 0.1) is 34.5 Å². The first-order valence-electron chi connectivity index (χ1n) is 8.70. The number of ether oxygens (including phenoxy) is 5. The summed E-state index contributed by atoms with van der Waals surface area (Å²) in [7, 11) is 4.44. The van der Waals surface area contributed by atoms with Crippen LogP contribution in [0, 0.1) is 0 Å². The van der Waals surface area contributed by atoms with E-state index in [0.29, 0.717) is 62.1 Å². The van der Waals surface area contributed by atoms with Crippen LogP contribution in [-0.4, -0.2) is 70.1 Å². The Kier molecular flexibility index (Phi) is 5.71. The van der Waals surface area contributed by atoms with Gasteiger partial charge in [-0.25, -0.2) is 0 Å². The van der Waals surface area contributed by atoms with Crippen molar-refractivity contribution in [3.63, 3.8) is 0 Å². The Labute approximate surface area is 157 Å². The van der Waals surface area contributed by atoms with Crippen LogP contribution in [0.25, 0.3) is 0 Å². The van der Waals surface area contributed by atoms with Crippen molar-refractivity contribution in [2.24, 2.45) is 0 Å². The summed E-state index contributed by atoms with van der Waals surface area (Å²) in [5.74, 6) is -0.748. The van der Waals surface area contributed by atoms with Crippen molar-refractivity contribution in [2.45, 2.75) is 18.6 Å². The first kappa shape index (κ1) is 19.2. The molecule has 148 valence electrons. The third kappa shape index (κ3) is 3.93. The van der Waals surface area contributed by atoms with E-state index >= 15 is 0 Å². The number of carbonyl (C=O) groups excluding carboxylic acids is 2. The zero-order valence-electron chi connectivity index (χ0n) is 15.7. The lowest BCUT2D eigenvalue weighted by molar-refractivity contribution is -0.187. The average molecular weight is 380 g/mol. The van der Waals surface area contributed by atoms with Gasteiger partial charge in [-0.3, -0.25) is 9.59 Å². The lowest BCUT2D eigenvalue weighted by Gasteiger charge is -2.37. The third-order valence-corrected chi connectivity index (χ3v) is 4.74. The van der Waals surface area contributed by atoms with Gasteiger partial charge < -0.3 is 33.9 Å². The highest BCUT2D eigenvalue weighted by Gasteiger charge is 2.41. The molecule has 2 aliphatic rings. The van der Waals surface area contributed by atoms with Gasteiger partial charge in [0.15, 0.2) is 17.3 Å². The highest BCUT2D eigenvalue weighted by molar-refractivity contribution is 6.39. The maximum absolute atomic E-state index is 12.5. The fraction of sp³-hybridized carbons (Fsp3) is 0.556. The van der Waals surface area contributed by atoms with Crippen molar-refractivity contribution >= 4 is 17.5 Å². The topological polar surface area (TPSA) is 95.6 Å². The van der Waals surface area contributed by atoms with E-state index in [1.165, 1.54) is 26.2 Å². The first-order valence-corrected chi connectivity index (χ1v) is 8.70. The van der Waals surface area contributed by atoms with E-state index < -0.39 is 17.6 Å². The zero-order chi connectivity index (χ0) is 19.4. The van der Waals surface area contributed by atoms with Crippen LogP contribution in [0.1, 0.15) is 12.8 Å².